The molecule has 0 bridgehead atoms. The molecule has 0 saturated heterocycles. The van der Waals surface area contributed by atoms with E-state index in [2.05, 4.69) is 10.4 Å². The number of aryl methyl sites for hydroxylation is 1. The number of nitro groups is 1. The molecule has 0 atom stereocenters. The molecular weight excluding hydrogens is 236 g/mol. The van der Waals surface area contributed by atoms with Crippen molar-refractivity contribution in [2.45, 2.75) is 45.2 Å². The minimum Gasteiger partial charge on any atom is -0.352 e. The fourth-order valence-electron chi connectivity index (χ4n) is 2.26. The Labute approximate surface area is 104 Å². The first-order chi connectivity index (χ1) is 8.56. The van der Waals surface area contributed by atoms with E-state index in [0.717, 1.165) is 25.7 Å². The van der Waals surface area contributed by atoms with Gasteiger partial charge in [0.1, 0.15) is 18.4 Å². The molecule has 1 saturated carbocycles. The summed E-state index contributed by atoms with van der Waals surface area (Å²) in [5, 5.41) is 17.5. The van der Waals surface area contributed by atoms with Crippen molar-refractivity contribution in [1.82, 2.24) is 15.1 Å². The van der Waals surface area contributed by atoms with Gasteiger partial charge in [-0.05, 0) is 19.8 Å². The molecule has 1 aliphatic rings. The van der Waals surface area contributed by atoms with Crippen LogP contribution in [0.2, 0.25) is 0 Å². The third-order valence-electron chi connectivity index (χ3n) is 3.14. The lowest BCUT2D eigenvalue weighted by atomic mass is 10.2. The van der Waals surface area contributed by atoms with Gasteiger partial charge in [0.05, 0.1) is 4.92 Å². The number of carbonyl (C=O) groups is 1. The summed E-state index contributed by atoms with van der Waals surface area (Å²) in [6.45, 7) is 1.59. The van der Waals surface area contributed by atoms with Gasteiger partial charge in [-0.15, -0.1) is 0 Å². The van der Waals surface area contributed by atoms with E-state index in [1.165, 1.54) is 10.9 Å². The average Bonchev–Trinajstić information content (AvgIpc) is 2.88. The molecule has 0 spiro atoms. The molecule has 7 nitrogen and oxygen atoms in total. The minimum absolute atomic E-state index is 0.0329. The van der Waals surface area contributed by atoms with Crippen LogP contribution in [-0.2, 0) is 11.3 Å². The predicted molar refractivity (Wildman–Crippen MR) is 64.0 cm³/mol. The minimum atomic E-state index is -0.492. The number of hydrogen-bond donors (Lipinski definition) is 1. The van der Waals surface area contributed by atoms with Crippen molar-refractivity contribution < 1.29 is 9.72 Å². The van der Waals surface area contributed by atoms with Gasteiger partial charge in [0.2, 0.25) is 5.91 Å². The first kappa shape index (κ1) is 12.5. The average molecular weight is 252 g/mol. The molecule has 1 aromatic rings. The third kappa shape index (κ3) is 2.85. The van der Waals surface area contributed by atoms with Crippen LogP contribution in [-0.4, -0.2) is 26.7 Å². The number of nitrogens with one attached hydrogen (secondary N) is 1. The van der Waals surface area contributed by atoms with Crippen LogP contribution in [0.15, 0.2) is 6.20 Å². The van der Waals surface area contributed by atoms with Gasteiger partial charge in [0.15, 0.2) is 0 Å². The standard InChI is InChI=1S/C11H16N4O3/c1-8-10(15(17)18)6-14(13-8)7-11(16)12-9-4-2-3-5-9/h6,9H,2-5,7H2,1H3,(H,12,16). The molecule has 1 fully saturated rings. The highest BCUT2D eigenvalue weighted by atomic mass is 16.6. The van der Waals surface area contributed by atoms with E-state index in [1.807, 2.05) is 0 Å². The molecule has 0 aliphatic heterocycles. The van der Waals surface area contributed by atoms with Gasteiger partial charge in [-0.1, -0.05) is 12.8 Å². The van der Waals surface area contributed by atoms with Crippen LogP contribution >= 0.6 is 0 Å². The van der Waals surface area contributed by atoms with E-state index in [-0.39, 0.29) is 24.2 Å². The van der Waals surface area contributed by atoms with Gasteiger partial charge in [-0.25, -0.2) is 0 Å². The third-order valence-corrected chi connectivity index (χ3v) is 3.14. The van der Waals surface area contributed by atoms with Crippen LogP contribution in [0.1, 0.15) is 31.4 Å². The van der Waals surface area contributed by atoms with E-state index < -0.39 is 4.92 Å². The van der Waals surface area contributed by atoms with Crippen molar-refractivity contribution >= 4 is 11.6 Å². The largest absolute Gasteiger partial charge is 0.352 e. The second kappa shape index (κ2) is 5.16. The maximum absolute atomic E-state index is 11.7. The zero-order chi connectivity index (χ0) is 13.1. The van der Waals surface area contributed by atoms with E-state index in [0.29, 0.717) is 5.69 Å². The molecular formula is C11H16N4O3. The molecule has 1 aromatic heterocycles. The van der Waals surface area contributed by atoms with Gasteiger partial charge >= 0.3 is 5.69 Å². The molecule has 7 heteroatoms. The van der Waals surface area contributed by atoms with Crippen LogP contribution in [0.4, 0.5) is 5.69 Å². The van der Waals surface area contributed by atoms with Crippen LogP contribution in [0, 0.1) is 17.0 Å². The number of aromatic nitrogens is 2. The van der Waals surface area contributed by atoms with Crippen molar-refractivity contribution in [2.24, 2.45) is 0 Å². The van der Waals surface area contributed by atoms with Gasteiger partial charge in [-0.3, -0.25) is 19.6 Å². The summed E-state index contributed by atoms with van der Waals surface area (Å²) in [5.74, 6) is -0.140. The fourth-order valence-corrected chi connectivity index (χ4v) is 2.26. The number of amides is 1. The first-order valence-electron chi connectivity index (χ1n) is 6.04. The normalized spacial score (nSPS) is 15.8. The molecule has 98 valence electrons. The van der Waals surface area contributed by atoms with Gasteiger partial charge in [0, 0.05) is 6.04 Å². The molecule has 18 heavy (non-hydrogen) atoms. The Hall–Kier alpha value is -1.92. The molecule has 1 heterocycles. The second-order valence-corrected chi connectivity index (χ2v) is 4.60. The fraction of sp³-hybridized carbons (Fsp3) is 0.636. The Bertz CT molecular complexity index is 463. The van der Waals surface area contributed by atoms with Crippen molar-refractivity contribution in [2.75, 3.05) is 0 Å². The van der Waals surface area contributed by atoms with Crippen LogP contribution < -0.4 is 5.32 Å². The second-order valence-electron chi connectivity index (χ2n) is 4.60. The van der Waals surface area contributed by atoms with E-state index in [1.54, 1.807) is 6.92 Å². The smallest absolute Gasteiger partial charge is 0.309 e. The number of carbonyl (C=O) groups excluding carboxylic acids is 1. The summed E-state index contributed by atoms with van der Waals surface area (Å²) in [7, 11) is 0. The highest BCUT2D eigenvalue weighted by molar-refractivity contribution is 5.76. The SMILES string of the molecule is Cc1nn(CC(=O)NC2CCCC2)cc1[N+](=O)[O-]. The quantitative estimate of drug-likeness (QED) is 0.643. The van der Waals surface area contributed by atoms with E-state index in [9.17, 15) is 14.9 Å². The molecule has 0 radical (unpaired) electrons. The summed E-state index contributed by atoms with van der Waals surface area (Å²) < 4.78 is 1.32. The monoisotopic (exact) mass is 252 g/mol. The molecule has 0 aromatic carbocycles. The topological polar surface area (TPSA) is 90.1 Å². The Kier molecular flexibility index (Phi) is 3.59. The van der Waals surface area contributed by atoms with Gasteiger partial charge in [0.25, 0.3) is 0 Å². The molecule has 2 rings (SSSR count). The Morgan fingerprint density at radius 3 is 2.83 bits per heavy atom. The van der Waals surface area contributed by atoms with Crippen molar-refractivity contribution in [3.8, 4) is 0 Å². The Balaban J connectivity index is 1.94. The van der Waals surface area contributed by atoms with Gasteiger partial charge < -0.3 is 5.32 Å². The molecule has 1 aliphatic carbocycles. The highest BCUT2D eigenvalue weighted by Crippen LogP contribution is 2.18. The van der Waals surface area contributed by atoms with E-state index in [4.69, 9.17) is 0 Å². The van der Waals surface area contributed by atoms with Crippen molar-refractivity contribution in [3.63, 3.8) is 0 Å². The highest BCUT2D eigenvalue weighted by Gasteiger charge is 2.19. The maximum Gasteiger partial charge on any atom is 0.309 e. The Morgan fingerprint density at radius 1 is 1.61 bits per heavy atom. The van der Waals surface area contributed by atoms with Crippen molar-refractivity contribution in [1.29, 1.82) is 0 Å². The van der Waals surface area contributed by atoms with Gasteiger partial charge in [-0.2, -0.15) is 5.10 Å². The maximum atomic E-state index is 11.7. The van der Waals surface area contributed by atoms with Crippen LogP contribution in [0.5, 0.6) is 0 Å². The Morgan fingerprint density at radius 2 is 2.28 bits per heavy atom. The zero-order valence-electron chi connectivity index (χ0n) is 10.3. The molecule has 1 amide bonds. The number of rotatable bonds is 4. The summed E-state index contributed by atoms with van der Waals surface area (Å²) in [6.07, 6.45) is 5.63. The summed E-state index contributed by atoms with van der Waals surface area (Å²) in [5.41, 5.74) is 0.275. The summed E-state index contributed by atoms with van der Waals surface area (Å²) in [6, 6.07) is 0.254. The lowest BCUT2D eigenvalue weighted by Crippen LogP contribution is -2.35. The lowest BCUT2D eigenvalue weighted by Gasteiger charge is -2.11. The van der Waals surface area contributed by atoms with E-state index >= 15 is 0 Å². The summed E-state index contributed by atoms with van der Waals surface area (Å²) >= 11 is 0. The summed E-state index contributed by atoms with van der Waals surface area (Å²) in [4.78, 5) is 21.9. The predicted octanol–water partition coefficient (Wildman–Crippen LogP) is 1.16. The molecule has 1 N–H and O–H groups in total. The number of nitrogens with zero attached hydrogens (tertiary/aromatic N) is 3. The zero-order valence-corrected chi connectivity index (χ0v) is 10.3. The first-order valence-corrected chi connectivity index (χ1v) is 6.04. The molecule has 0 unspecified atom stereocenters. The number of hydrogen-bond acceptors (Lipinski definition) is 4. The van der Waals surface area contributed by atoms with Crippen LogP contribution in [0.3, 0.4) is 0 Å². The lowest BCUT2D eigenvalue weighted by molar-refractivity contribution is -0.385. The van der Waals surface area contributed by atoms with Crippen molar-refractivity contribution in [3.05, 3.63) is 22.0 Å². The van der Waals surface area contributed by atoms with Crippen LogP contribution in [0.25, 0.3) is 0 Å².